The van der Waals surface area contributed by atoms with Gasteiger partial charge in [-0.2, -0.15) is 4.98 Å². The van der Waals surface area contributed by atoms with E-state index in [2.05, 4.69) is 9.97 Å². The summed E-state index contributed by atoms with van der Waals surface area (Å²) in [4.78, 5) is 8.65. The van der Waals surface area contributed by atoms with Crippen LogP contribution in [0.15, 0.2) is 24.3 Å². The molecule has 4 nitrogen and oxygen atoms in total. The van der Waals surface area contributed by atoms with Gasteiger partial charge >= 0.3 is 0 Å². The zero-order chi connectivity index (χ0) is 14.0. The molecule has 0 aliphatic carbocycles. The van der Waals surface area contributed by atoms with Crippen LogP contribution in [0.1, 0.15) is 31.2 Å². The number of ether oxygens (including phenoxy) is 1. The van der Waals surface area contributed by atoms with Crippen LogP contribution in [0.2, 0.25) is 5.02 Å². The van der Waals surface area contributed by atoms with Crippen molar-refractivity contribution in [1.29, 1.82) is 0 Å². The zero-order valence-corrected chi connectivity index (χ0v) is 11.9. The van der Waals surface area contributed by atoms with Crippen molar-refractivity contribution in [3.05, 3.63) is 40.7 Å². The lowest BCUT2D eigenvalue weighted by molar-refractivity contribution is 0.453. The molecule has 0 amide bonds. The highest BCUT2D eigenvalue weighted by Crippen LogP contribution is 2.31. The van der Waals surface area contributed by atoms with Crippen LogP contribution in [0, 0.1) is 6.92 Å². The number of nitrogens with two attached hydrogens (primary N) is 1. The van der Waals surface area contributed by atoms with E-state index in [0.717, 1.165) is 0 Å². The first-order chi connectivity index (χ1) is 8.99. The Hall–Kier alpha value is -1.81. The number of benzene rings is 1. The number of aromatic nitrogens is 2. The molecule has 0 atom stereocenters. The van der Waals surface area contributed by atoms with Gasteiger partial charge in [0.2, 0.25) is 5.88 Å². The minimum Gasteiger partial charge on any atom is -0.437 e. The van der Waals surface area contributed by atoms with Crippen LogP contribution in [-0.4, -0.2) is 9.97 Å². The lowest BCUT2D eigenvalue weighted by Gasteiger charge is -2.13. The van der Waals surface area contributed by atoms with Gasteiger partial charge in [-0.3, -0.25) is 0 Å². The highest BCUT2D eigenvalue weighted by atomic mass is 35.5. The van der Waals surface area contributed by atoms with E-state index in [-0.39, 0.29) is 5.92 Å². The molecule has 2 aromatic rings. The summed E-state index contributed by atoms with van der Waals surface area (Å²) < 4.78 is 5.75. The summed E-state index contributed by atoms with van der Waals surface area (Å²) in [6, 6.07) is 7.25. The number of anilines is 1. The standard InChI is InChI=1S/C14H16ClN3O/c1-8(2)13-17-12(16)9(3)14(18-13)19-11-7-5-4-6-10(11)15/h4-8H,1-3H3,(H2,16,17,18). The molecule has 1 heterocycles. The maximum atomic E-state index is 6.07. The van der Waals surface area contributed by atoms with Gasteiger partial charge in [-0.15, -0.1) is 0 Å². The molecule has 2 rings (SSSR count). The van der Waals surface area contributed by atoms with Gasteiger partial charge in [0.25, 0.3) is 0 Å². The first kappa shape index (κ1) is 13.6. The van der Waals surface area contributed by atoms with Crippen molar-refractivity contribution in [1.82, 2.24) is 9.97 Å². The second kappa shape index (κ2) is 5.45. The minimum absolute atomic E-state index is 0.177. The Bertz CT molecular complexity index is 599. The van der Waals surface area contributed by atoms with Crippen molar-refractivity contribution < 1.29 is 4.74 Å². The van der Waals surface area contributed by atoms with E-state index < -0.39 is 0 Å². The van der Waals surface area contributed by atoms with Crippen molar-refractivity contribution >= 4 is 17.4 Å². The fourth-order valence-corrected chi connectivity index (χ4v) is 1.69. The third-order valence-corrected chi connectivity index (χ3v) is 3.03. The van der Waals surface area contributed by atoms with Gasteiger partial charge in [0, 0.05) is 5.92 Å². The van der Waals surface area contributed by atoms with E-state index in [1.165, 1.54) is 0 Å². The molecule has 0 spiro atoms. The van der Waals surface area contributed by atoms with Crippen LogP contribution in [0.3, 0.4) is 0 Å². The van der Waals surface area contributed by atoms with Crippen molar-refractivity contribution in [2.75, 3.05) is 5.73 Å². The van der Waals surface area contributed by atoms with E-state index in [1.54, 1.807) is 12.1 Å². The van der Waals surface area contributed by atoms with Crippen molar-refractivity contribution in [3.63, 3.8) is 0 Å². The Morgan fingerprint density at radius 2 is 1.89 bits per heavy atom. The molecule has 0 radical (unpaired) electrons. The van der Waals surface area contributed by atoms with E-state index in [4.69, 9.17) is 22.1 Å². The highest BCUT2D eigenvalue weighted by Gasteiger charge is 2.14. The minimum atomic E-state index is 0.177. The topological polar surface area (TPSA) is 61.0 Å². The lowest BCUT2D eigenvalue weighted by Crippen LogP contribution is -2.06. The predicted molar refractivity (Wildman–Crippen MR) is 76.8 cm³/mol. The molecule has 0 aliphatic rings. The fourth-order valence-electron chi connectivity index (χ4n) is 1.52. The summed E-state index contributed by atoms with van der Waals surface area (Å²) in [5, 5.41) is 0.533. The van der Waals surface area contributed by atoms with E-state index in [1.807, 2.05) is 32.9 Å². The first-order valence-electron chi connectivity index (χ1n) is 6.05. The summed E-state index contributed by atoms with van der Waals surface area (Å²) in [6.45, 7) is 5.83. The monoisotopic (exact) mass is 277 g/mol. The number of rotatable bonds is 3. The van der Waals surface area contributed by atoms with Crippen LogP contribution < -0.4 is 10.5 Å². The van der Waals surface area contributed by atoms with Gasteiger partial charge in [-0.1, -0.05) is 37.6 Å². The van der Waals surface area contributed by atoms with Gasteiger partial charge in [0.15, 0.2) is 0 Å². The maximum Gasteiger partial charge on any atom is 0.227 e. The average Bonchev–Trinajstić information content (AvgIpc) is 2.37. The number of hydrogen-bond donors (Lipinski definition) is 1. The molecule has 0 unspecified atom stereocenters. The molecular weight excluding hydrogens is 262 g/mol. The molecule has 5 heteroatoms. The van der Waals surface area contributed by atoms with Crippen molar-refractivity contribution in [3.8, 4) is 11.6 Å². The maximum absolute atomic E-state index is 6.07. The Morgan fingerprint density at radius 3 is 2.53 bits per heavy atom. The normalized spacial score (nSPS) is 10.8. The molecule has 0 aliphatic heterocycles. The lowest BCUT2D eigenvalue weighted by atomic mass is 10.2. The Morgan fingerprint density at radius 1 is 1.21 bits per heavy atom. The highest BCUT2D eigenvalue weighted by molar-refractivity contribution is 6.32. The summed E-state index contributed by atoms with van der Waals surface area (Å²) in [5.41, 5.74) is 6.60. The number of hydrogen-bond acceptors (Lipinski definition) is 4. The predicted octanol–water partition coefficient (Wildman–Crippen LogP) is 3.94. The average molecular weight is 278 g/mol. The SMILES string of the molecule is Cc1c(N)nc(C(C)C)nc1Oc1ccccc1Cl. The molecule has 100 valence electrons. The van der Waals surface area contributed by atoms with Crippen molar-refractivity contribution in [2.45, 2.75) is 26.7 Å². The summed E-state index contributed by atoms with van der Waals surface area (Å²) in [5.74, 6) is 2.27. The van der Waals surface area contributed by atoms with Crippen LogP contribution in [-0.2, 0) is 0 Å². The Labute approximate surface area is 117 Å². The van der Waals surface area contributed by atoms with Crippen molar-refractivity contribution in [2.24, 2.45) is 0 Å². The molecule has 2 N–H and O–H groups in total. The summed E-state index contributed by atoms with van der Waals surface area (Å²) in [7, 11) is 0. The molecule has 0 bridgehead atoms. The van der Waals surface area contributed by atoms with Gasteiger partial charge in [-0.25, -0.2) is 4.98 Å². The third kappa shape index (κ3) is 2.96. The number of nitrogen functional groups attached to an aromatic ring is 1. The van der Waals surface area contributed by atoms with E-state index in [9.17, 15) is 0 Å². The number of nitrogens with zero attached hydrogens (tertiary/aromatic N) is 2. The third-order valence-electron chi connectivity index (χ3n) is 2.72. The van der Waals surface area contributed by atoms with Crippen LogP contribution in [0.4, 0.5) is 5.82 Å². The summed E-state index contributed by atoms with van der Waals surface area (Å²) >= 11 is 6.07. The molecule has 1 aromatic heterocycles. The largest absolute Gasteiger partial charge is 0.437 e. The van der Waals surface area contributed by atoms with Crippen LogP contribution in [0.25, 0.3) is 0 Å². The molecule has 0 fully saturated rings. The first-order valence-corrected chi connectivity index (χ1v) is 6.43. The quantitative estimate of drug-likeness (QED) is 0.923. The second-order valence-electron chi connectivity index (χ2n) is 4.58. The molecular formula is C14H16ClN3O. The molecule has 19 heavy (non-hydrogen) atoms. The van der Waals surface area contributed by atoms with Gasteiger partial charge < -0.3 is 10.5 Å². The Kier molecular flexibility index (Phi) is 3.90. The molecule has 0 saturated carbocycles. The van der Waals surface area contributed by atoms with Gasteiger partial charge in [-0.05, 0) is 19.1 Å². The van der Waals surface area contributed by atoms with Gasteiger partial charge in [0.05, 0.1) is 10.6 Å². The van der Waals surface area contributed by atoms with E-state index in [0.29, 0.717) is 33.9 Å². The second-order valence-corrected chi connectivity index (χ2v) is 4.99. The fraction of sp³-hybridized carbons (Fsp3) is 0.286. The number of halogens is 1. The van der Waals surface area contributed by atoms with Crippen LogP contribution in [0.5, 0.6) is 11.6 Å². The molecule has 0 saturated heterocycles. The Balaban J connectivity index is 2.42. The summed E-state index contributed by atoms with van der Waals surface area (Å²) in [6.07, 6.45) is 0. The zero-order valence-electron chi connectivity index (χ0n) is 11.1. The molecule has 1 aromatic carbocycles. The smallest absolute Gasteiger partial charge is 0.227 e. The van der Waals surface area contributed by atoms with E-state index >= 15 is 0 Å². The number of para-hydroxylation sites is 1. The van der Waals surface area contributed by atoms with Crippen LogP contribution >= 0.6 is 11.6 Å². The van der Waals surface area contributed by atoms with Gasteiger partial charge in [0.1, 0.15) is 17.4 Å².